The third-order valence-corrected chi connectivity index (χ3v) is 4.24. The summed E-state index contributed by atoms with van der Waals surface area (Å²) in [7, 11) is 1.66. The standard InChI is InChI=1S/C15H18N2O2S/c1-15(2)5-4-9-6-10(11-8-20-14(16)17-11)13(18-3)7-12(9)19-15/h6-8H,4-5H2,1-3H3,(H2,16,17). The molecule has 1 aliphatic rings. The Balaban J connectivity index is 2.09. The van der Waals surface area contributed by atoms with Crippen LogP contribution in [0, 0.1) is 0 Å². The van der Waals surface area contributed by atoms with Crippen molar-refractivity contribution in [1.82, 2.24) is 4.98 Å². The van der Waals surface area contributed by atoms with E-state index in [4.69, 9.17) is 15.2 Å². The molecule has 2 aromatic rings. The van der Waals surface area contributed by atoms with Crippen LogP contribution < -0.4 is 15.2 Å². The van der Waals surface area contributed by atoms with E-state index in [1.807, 2.05) is 11.4 Å². The fourth-order valence-electron chi connectivity index (χ4n) is 2.46. The molecular weight excluding hydrogens is 272 g/mol. The molecule has 4 nitrogen and oxygen atoms in total. The molecule has 0 fully saturated rings. The summed E-state index contributed by atoms with van der Waals surface area (Å²) >= 11 is 1.44. The van der Waals surface area contributed by atoms with Crippen molar-refractivity contribution in [2.75, 3.05) is 12.8 Å². The van der Waals surface area contributed by atoms with Gasteiger partial charge in [-0.3, -0.25) is 0 Å². The van der Waals surface area contributed by atoms with E-state index in [-0.39, 0.29) is 5.60 Å². The maximum Gasteiger partial charge on any atom is 0.180 e. The number of nitrogens with zero attached hydrogens (tertiary/aromatic N) is 1. The Hall–Kier alpha value is -1.75. The number of methoxy groups -OCH3 is 1. The lowest BCUT2D eigenvalue weighted by molar-refractivity contribution is 0.0844. The van der Waals surface area contributed by atoms with Crippen LogP contribution in [0.25, 0.3) is 11.3 Å². The third kappa shape index (κ3) is 2.33. The highest BCUT2D eigenvalue weighted by molar-refractivity contribution is 7.13. The van der Waals surface area contributed by atoms with Gasteiger partial charge in [0.2, 0.25) is 0 Å². The van der Waals surface area contributed by atoms with E-state index in [1.165, 1.54) is 16.9 Å². The molecule has 0 spiro atoms. The number of benzene rings is 1. The molecule has 0 radical (unpaired) electrons. The molecule has 0 unspecified atom stereocenters. The lowest BCUT2D eigenvalue weighted by Crippen LogP contribution is -2.32. The van der Waals surface area contributed by atoms with Crippen molar-refractivity contribution in [2.45, 2.75) is 32.3 Å². The van der Waals surface area contributed by atoms with Gasteiger partial charge in [0.05, 0.1) is 12.8 Å². The maximum absolute atomic E-state index is 6.04. The van der Waals surface area contributed by atoms with Gasteiger partial charge in [0, 0.05) is 17.0 Å². The zero-order chi connectivity index (χ0) is 14.3. The average molecular weight is 290 g/mol. The number of fused-ring (bicyclic) bond motifs is 1. The summed E-state index contributed by atoms with van der Waals surface area (Å²) in [6.07, 6.45) is 2.00. The topological polar surface area (TPSA) is 57.4 Å². The number of aryl methyl sites for hydroxylation is 1. The predicted molar refractivity (Wildman–Crippen MR) is 81.5 cm³/mol. The molecule has 2 N–H and O–H groups in total. The first kappa shape index (κ1) is 13.2. The molecule has 0 bridgehead atoms. The van der Waals surface area contributed by atoms with Gasteiger partial charge in [0.1, 0.15) is 17.1 Å². The zero-order valence-electron chi connectivity index (χ0n) is 11.9. The Kier molecular flexibility index (Phi) is 3.09. The highest BCUT2D eigenvalue weighted by atomic mass is 32.1. The third-order valence-electron chi connectivity index (χ3n) is 3.56. The second-order valence-electron chi connectivity index (χ2n) is 5.59. The molecule has 106 valence electrons. The highest BCUT2D eigenvalue weighted by Crippen LogP contribution is 2.41. The Morgan fingerprint density at radius 3 is 2.85 bits per heavy atom. The van der Waals surface area contributed by atoms with Crippen LogP contribution in [0.3, 0.4) is 0 Å². The lowest BCUT2D eigenvalue weighted by Gasteiger charge is -2.33. The van der Waals surface area contributed by atoms with Crippen LogP contribution in [-0.4, -0.2) is 17.7 Å². The largest absolute Gasteiger partial charge is 0.496 e. The Morgan fingerprint density at radius 1 is 1.40 bits per heavy atom. The summed E-state index contributed by atoms with van der Waals surface area (Å²) in [5, 5.41) is 2.52. The van der Waals surface area contributed by atoms with Crippen LogP contribution in [-0.2, 0) is 6.42 Å². The molecule has 0 atom stereocenters. The summed E-state index contributed by atoms with van der Waals surface area (Å²) < 4.78 is 11.5. The smallest absolute Gasteiger partial charge is 0.180 e. The minimum absolute atomic E-state index is 0.120. The van der Waals surface area contributed by atoms with Crippen LogP contribution in [0.2, 0.25) is 0 Å². The first-order valence-electron chi connectivity index (χ1n) is 6.60. The second-order valence-corrected chi connectivity index (χ2v) is 6.48. The zero-order valence-corrected chi connectivity index (χ0v) is 12.7. The summed E-state index contributed by atoms with van der Waals surface area (Å²) in [6, 6.07) is 4.07. The molecule has 2 heterocycles. The van der Waals surface area contributed by atoms with Gasteiger partial charge in [-0.2, -0.15) is 0 Å². The van der Waals surface area contributed by atoms with Crippen molar-refractivity contribution in [3.63, 3.8) is 0 Å². The van der Waals surface area contributed by atoms with Crippen LogP contribution in [0.4, 0.5) is 5.13 Å². The van der Waals surface area contributed by atoms with Crippen LogP contribution in [0.1, 0.15) is 25.8 Å². The van der Waals surface area contributed by atoms with Crippen molar-refractivity contribution in [3.8, 4) is 22.8 Å². The molecule has 1 aliphatic heterocycles. The quantitative estimate of drug-likeness (QED) is 0.919. The van der Waals surface area contributed by atoms with Crippen LogP contribution in [0.15, 0.2) is 17.5 Å². The average Bonchev–Trinajstić information content (AvgIpc) is 2.82. The molecule has 0 saturated heterocycles. The van der Waals surface area contributed by atoms with E-state index < -0.39 is 0 Å². The van der Waals surface area contributed by atoms with Gasteiger partial charge in [0.25, 0.3) is 0 Å². The molecule has 0 aliphatic carbocycles. The number of anilines is 1. The molecule has 5 heteroatoms. The van der Waals surface area contributed by atoms with E-state index in [1.54, 1.807) is 7.11 Å². The van der Waals surface area contributed by atoms with E-state index in [2.05, 4.69) is 24.9 Å². The molecule has 1 aromatic heterocycles. The lowest BCUT2D eigenvalue weighted by atomic mass is 9.92. The van der Waals surface area contributed by atoms with Gasteiger partial charge in [-0.15, -0.1) is 11.3 Å². The Morgan fingerprint density at radius 2 is 2.20 bits per heavy atom. The predicted octanol–water partition coefficient (Wildman–Crippen LogP) is 3.50. The molecule has 3 rings (SSSR count). The molecule has 0 saturated carbocycles. The molecule has 1 aromatic carbocycles. The second kappa shape index (κ2) is 4.66. The minimum Gasteiger partial charge on any atom is -0.496 e. The van der Waals surface area contributed by atoms with Gasteiger partial charge in [-0.25, -0.2) is 4.98 Å². The van der Waals surface area contributed by atoms with Gasteiger partial charge >= 0.3 is 0 Å². The van der Waals surface area contributed by atoms with Crippen molar-refractivity contribution in [2.24, 2.45) is 0 Å². The maximum atomic E-state index is 6.04. The van der Waals surface area contributed by atoms with E-state index in [0.717, 1.165) is 35.6 Å². The first-order chi connectivity index (χ1) is 9.48. The molecule has 0 amide bonds. The van der Waals surface area contributed by atoms with Crippen LogP contribution >= 0.6 is 11.3 Å². The van der Waals surface area contributed by atoms with Gasteiger partial charge < -0.3 is 15.2 Å². The summed E-state index contributed by atoms with van der Waals surface area (Å²) in [4.78, 5) is 4.34. The van der Waals surface area contributed by atoms with Crippen molar-refractivity contribution < 1.29 is 9.47 Å². The fourth-order valence-corrected chi connectivity index (χ4v) is 3.02. The number of nitrogen functional groups attached to an aromatic ring is 1. The van der Waals surface area contributed by atoms with E-state index in [9.17, 15) is 0 Å². The number of nitrogens with two attached hydrogens (primary N) is 1. The first-order valence-corrected chi connectivity index (χ1v) is 7.48. The monoisotopic (exact) mass is 290 g/mol. The van der Waals surface area contributed by atoms with Gasteiger partial charge in [-0.1, -0.05) is 0 Å². The Labute approximate surface area is 122 Å². The number of ether oxygens (including phenoxy) is 2. The summed E-state index contributed by atoms with van der Waals surface area (Å²) in [5.41, 5.74) is 8.64. The Bertz CT molecular complexity index is 649. The van der Waals surface area contributed by atoms with E-state index in [0.29, 0.717) is 5.13 Å². The summed E-state index contributed by atoms with van der Waals surface area (Å²) in [5.74, 6) is 1.68. The van der Waals surface area contributed by atoms with Crippen molar-refractivity contribution >= 4 is 16.5 Å². The normalized spacial score (nSPS) is 16.4. The van der Waals surface area contributed by atoms with Gasteiger partial charge in [0.15, 0.2) is 5.13 Å². The van der Waals surface area contributed by atoms with Crippen molar-refractivity contribution in [3.05, 3.63) is 23.1 Å². The minimum atomic E-state index is -0.120. The van der Waals surface area contributed by atoms with Crippen molar-refractivity contribution in [1.29, 1.82) is 0 Å². The number of rotatable bonds is 2. The van der Waals surface area contributed by atoms with Gasteiger partial charge in [-0.05, 0) is 38.3 Å². The molecule has 20 heavy (non-hydrogen) atoms. The molecular formula is C15H18N2O2S. The SMILES string of the molecule is COc1cc2c(cc1-c1csc(N)n1)CCC(C)(C)O2. The number of thiazole rings is 1. The number of hydrogen-bond donors (Lipinski definition) is 1. The number of hydrogen-bond acceptors (Lipinski definition) is 5. The fraction of sp³-hybridized carbons (Fsp3) is 0.400. The van der Waals surface area contributed by atoms with E-state index >= 15 is 0 Å². The number of aromatic nitrogens is 1. The van der Waals surface area contributed by atoms with Crippen LogP contribution in [0.5, 0.6) is 11.5 Å². The highest BCUT2D eigenvalue weighted by Gasteiger charge is 2.28. The summed E-state index contributed by atoms with van der Waals surface area (Å²) in [6.45, 7) is 4.22.